The van der Waals surface area contributed by atoms with Gasteiger partial charge in [-0.3, -0.25) is 14.5 Å². The van der Waals surface area contributed by atoms with Crippen molar-refractivity contribution in [1.82, 2.24) is 9.80 Å². The van der Waals surface area contributed by atoms with Gasteiger partial charge < -0.3 is 10.6 Å². The average molecular weight is 367 g/mol. The monoisotopic (exact) mass is 367 g/mol. The number of carbonyl (C=O) groups excluding carboxylic acids is 2. The minimum Gasteiger partial charge on any atom is -0.366 e. The van der Waals surface area contributed by atoms with Crippen LogP contribution in [0.2, 0.25) is 0 Å². The van der Waals surface area contributed by atoms with E-state index in [9.17, 15) is 9.59 Å². The van der Waals surface area contributed by atoms with E-state index in [1.165, 1.54) is 19.4 Å². The molecule has 1 fully saturated rings. The van der Waals surface area contributed by atoms with E-state index < -0.39 is 0 Å². The SMILES string of the molecule is CCCCN1CCN(C(=O)c2ccccc2)CC1.NC(=O)c1ccccc1. The lowest BCUT2D eigenvalue weighted by Gasteiger charge is -2.34. The Morgan fingerprint density at radius 1 is 0.852 bits per heavy atom. The highest BCUT2D eigenvalue weighted by atomic mass is 16.2. The standard InChI is InChI=1S/C15H22N2O.C7H7NO/c1-2-3-9-16-10-12-17(13-11-16)15(18)14-7-5-4-6-8-14;8-7(9)6-4-2-1-3-5-6/h4-8H,2-3,9-13H2,1H3;1-5H,(H2,8,9). The molecular formula is C22H29N3O2. The molecule has 2 aromatic rings. The van der Waals surface area contributed by atoms with Crippen LogP contribution in [0, 0.1) is 0 Å². The Morgan fingerprint density at radius 2 is 1.37 bits per heavy atom. The van der Waals surface area contributed by atoms with Crippen molar-refractivity contribution in [1.29, 1.82) is 0 Å². The van der Waals surface area contributed by atoms with Gasteiger partial charge in [-0.1, -0.05) is 49.7 Å². The minimum atomic E-state index is -0.379. The van der Waals surface area contributed by atoms with Crippen molar-refractivity contribution in [3.8, 4) is 0 Å². The van der Waals surface area contributed by atoms with Crippen LogP contribution < -0.4 is 5.73 Å². The predicted octanol–water partition coefficient (Wildman–Crippen LogP) is 3.03. The summed E-state index contributed by atoms with van der Waals surface area (Å²) in [5.74, 6) is -0.207. The zero-order valence-corrected chi connectivity index (χ0v) is 16.0. The highest BCUT2D eigenvalue weighted by Gasteiger charge is 2.21. The summed E-state index contributed by atoms with van der Waals surface area (Å²) in [4.78, 5) is 27.1. The lowest BCUT2D eigenvalue weighted by Crippen LogP contribution is -2.48. The Kier molecular flexibility index (Phi) is 8.52. The number of primary amides is 1. The number of carbonyl (C=O) groups is 2. The van der Waals surface area contributed by atoms with Gasteiger partial charge in [-0.05, 0) is 37.2 Å². The summed E-state index contributed by atoms with van der Waals surface area (Å²) in [6, 6.07) is 18.3. The fourth-order valence-electron chi connectivity index (χ4n) is 2.92. The Bertz CT molecular complexity index is 696. The number of amides is 2. The van der Waals surface area contributed by atoms with E-state index in [0.29, 0.717) is 5.56 Å². The molecule has 144 valence electrons. The number of rotatable bonds is 5. The Morgan fingerprint density at radius 3 is 1.81 bits per heavy atom. The second kappa shape index (κ2) is 11.1. The molecule has 0 aromatic heterocycles. The van der Waals surface area contributed by atoms with Gasteiger partial charge in [0.05, 0.1) is 0 Å². The zero-order valence-electron chi connectivity index (χ0n) is 16.0. The van der Waals surface area contributed by atoms with E-state index in [0.717, 1.165) is 31.7 Å². The summed E-state index contributed by atoms with van der Waals surface area (Å²) in [5, 5.41) is 0. The van der Waals surface area contributed by atoms with Crippen molar-refractivity contribution in [3.05, 3.63) is 71.8 Å². The molecule has 5 heteroatoms. The molecule has 1 heterocycles. The van der Waals surface area contributed by atoms with E-state index >= 15 is 0 Å². The van der Waals surface area contributed by atoms with Crippen molar-refractivity contribution in [2.75, 3.05) is 32.7 Å². The van der Waals surface area contributed by atoms with Gasteiger partial charge in [-0.2, -0.15) is 0 Å². The molecule has 0 atom stereocenters. The summed E-state index contributed by atoms with van der Waals surface area (Å²) in [6.45, 7) is 7.13. The van der Waals surface area contributed by atoms with Crippen molar-refractivity contribution in [2.45, 2.75) is 19.8 Å². The molecule has 0 bridgehead atoms. The maximum atomic E-state index is 12.2. The van der Waals surface area contributed by atoms with Gasteiger partial charge in [-0.15, -0.1) is 0 Å². The number of hydrogen-bond donors (Lipinski definition) is 1. The molecule has 3 rings (SSSR count). The number of piperazine rings is 1. The molecule has 0 unspecified atom stereocenters. The van der Waals surface area contributed by atoms with Gasteiger partial charge in [0.25, 0.3) is 5.91 Å². The molecule has 2 aromatic carbocycles. The Labute approximate surface area is 161 Å². The molecule has 1 aliphatic heterocycles. The molecule has 5 nitrogen and oxygen atoms in total. The van der Waals surface area contributed by atoms with Crippen LogP contribution in [-0.4, -0.2) is 54.3 Å². The third kappa shape index (κ3) is 6.87. The first-order valence-electron chi connectivity index (χ1n) is 9.53. The van der Waals surface area contributed by atoms with E-state index in [2.05, 4.69) is 11.8 Å². The van der Waals surface area contributed by atoms with Crippen LogP contribution in [0.3, 0.4) is 0 Å². The molecule has 1 saturated heterocycles. The van der Waals surface area contributed by atoms with Crippen LogP contribution in [0.4, 0.5) is 0 Å². The first-order valence-corrected chi connectivity index (χ1v) is 9.53. The van der Waals surface area contributed by atoms with Gasteiger partial charge in [0, 0.05) is 37.3 Å². The number of nitrogens with two attached hydrogens (primary N) is 1. The first-order chi connectivity index (χ1) is 13.1. The normalized spacial score (nSPS) is 14.2. The molecule has 0 spiro atoms. The van der Waals surface area contributed by atoms with Crippen LogP contribution in [0.1, 0.15) is 40.5 Å². The van der Waals surface area contributed by atoms with Crippen molar-refractivity contribution in [2.24, 2.45) is 5.73 Å². The van der Waals surface area contributed by atoms with Crippen molar-refractivity contribution in [3.63, 3.8) is 0 Å². The Balaban J connectivity index is 0.000000244. The highest BCUT2D eigenvalue weighted by molar-refractivity contribution is 5.94. The van der Waals surface area contributed by atoms with Gasteiger partial charge in [0.1, 0.15) is 0 Å². The maximum Gasteiger partial charge on any atom is 0.253 e. The zero-order chi connectivity index (χ0) is 19.5. The summed E-state index contributed by atoms with van der Waals surface area (Å²) in [5.41, 5.74) is 6.33. The fourth-order valence-corrected chi connectivity index (χ4v) is 2.92. The largest absolute Gasteiger partial charge is 0.366 e. The molecule has 27 heavy (non-hydrogen) atoms. The van der Waals surface area contributed by atoms with Crippen molar-refractivity contribution < 1.29 is 9.59 Å². The van der Waals surface area contributed by atoms with E-state index in [1.54, 1.807) is 24.3 Å². The quantitative estimate of drug-likeness (QED) is 0.883. The van der Waals surface area contributed by atoms with Gasteiger partial charge in [0.15, 0.2) is 0 Å². The second-order valence-electron chi connectivity index (χ2n) is 6.58. The number of unbranched alkanes of at least 4 members (excludes halogenated alkanes) is 1. The second-order valence-corrected chi connectivity index (χ2v) is 6.58. The molecule has 0 radical (unpaired) electrons. The third-order valence-electron chi connectivity index (χ3n) is 4.57. The minimum absolute atomic E-state index is 0.172. The average Bonchev–Trinajstić information content (AvgIpc) is 2.74. The van der Waals surface area contributed by atoms with Crippen LogP contribution in [-0.2, 0) is 0 Å². The van der Waals surface area contributed by atoms with Crippen LogP contribution >= 0.6 is 0 Å². The van der Waals surface area contributed by atoms with E-state index in [-0.39, 0.29) is 11.8 Å². The van der Waals surface area contributed by atoms with Crippen LogP contribution in [0.15, 0.2) is 60.7 Å². The molecule has 0 saturated carbocycles. The third-order valence-corrected chi connectivity index (χ3v) is 4.57. The number of benzene rings is 2. The van der Waals surface area contributed by atoms with Gasteiger partial charge in [-0.25, -0.2) is 0 Å². The Hall–Kier alpha value is -2.66. The highest BCUT2D eigenvalue weighted by Crippen LogP contribution is 2.09. The lowest BCUT2D eigenvalue weighted by molar-refractivity contribution is 0.0635. The van der Waals surface area contributed by atoms with Gasteiger partial charge in [0.2, 0.25) is 5.91 Å². The molecule has 1 aliphatic rings. The number of hydrogen-bond acceptors (Lipinski definition) is 3. The van der Waals surface area contributed by atoms with E-state index in [4.69, 9.17) is 5.73 Å². The molecular weight excluding hydrogens is 338 g/mol. The van der Waals surface area contributed by atoms with Crippen LogP contribution in [0.5, 0.6) is 0 Å². The summed E-state index contributed by atoms with van der Waals surface area (Å²) in [6.07, 6.45) is 2.50. The summed E-state index contributed by atoms with van der Waals surface area (Å²) < 4.78 is 0. The van der Waals surface area contributed by atoms with E-state index in [1.807, 2.05) is 41.3 Å². The van der Waals surface area contributed by atoms with Crippen LogP contribution in [0.25, 0.3) is 0 Å². The van der Waals surface area contributed by atoms with Gasteiger partial charge >= 0.3 is 0 Å². The topological polar surface area (TPSA) is 66.6 Å². The smallest absolute Gasteiger partial charge is 0.253 e. The molecule has 2 N–H and O–H groups in total. The molecule has 0 aliphatic carbocycles. The maximum absolute atomic E-state index is 12.2. The van der Waals surface area contributed by atoms with Crippen molar-refractivity contribution >= 4 is 11.8 Å². The fraction of sp³-hybridized carbons (Fsp3) is 0.364. The molecule has 2 amide bonds. The predicted molar refractivity (Wildman–Crippen MR) is 109 cm³/mol. The summed E-state index contributed by atoms with van der Waals surface area (Å²) >= 11 is 0. The lowest BCUT2D eigenvalue weighted by atomic mass is 10.2. The first kappa shape index (κ1) is 20.6. The number of nitrogens with zero attached hydrogens (tertiary/aromatic N) is 2. The summed E-state index contributed by atoms with van der Waals surface area (Å²) in [7, 11) is 0.